The van der Waals surface area contributed by atoms with Crippen molar-refractivity contribution >= 4 is 5.91 Å². The maximum absolute atomic E-state index is 12.3. The van der Waals surface area contributed by atoms with Crippen molar-refractivity contribution < 1.29 is 9.90 Å². The Bertz CT molecular complexity index is 652. The second-order valence-electron chi connectivity index (χ2n) is 6.07. The fraction of sp³-hybridized carbons (Fsp3) is 0.500. The Hall–Kier alpha value is -2.28. The normalized spacial score (nSPS) is 21.5. The van der Waals surface area contributed by atoms with Gasteiger partial charge in [-0.1, -0.05) is 0 Å². The molecule has 0 spiro atoms. The summed E-state index contributed by atoms with van der Waals surface area (Å²) >= 11 is 0. The lowest BCUT2D eigenvalue weighted by molar-refractivity contribution is -0.123. The highest BCUT2D eigenvalue weighted by Gasteiger charge is 2.36. The molecule has 0 saturated heterocycles. The van der Waals surface area contributed by atoms with Crippen molar-refractivity contribution in [3.63, 3.8) is 0 Å². The minimum Gasteiger partial charge on any atom is -0.393 e. The van der Waals surface area contributed by atoms with Gasteiger partial charge in [0, 0.05) is 43.8 Å². The maximum Gasteiger partial charge on any atom is 0.220 e. The lowest BCUT2D eigenvalue weighted by Crippen LogP contribution is -2.41. The predicted molar refractivity (Wildman–Crippen MR) is 83.2 cm³/mol. The van der Waals surface area contributed by atoms with Crippen LogP contribution in [0.1, 0.15) is 36.6 Å². The molecule has 0 bridgehead atoms. The molecule has 1 atom stereocenters. The minimum atomic E-state index is -0.254. The molecule has 1 amide bonds. The summed E-state index contributed by atoms with van der Waals surface area (Å²) in [4.78, 5) is 20.5. The van der Waals surface area contributed by atoms with E-state index in [9.17, 15) is 9.90 Å². The summed E-state index contributed by atoms with van der Waals surface area (Å²) < 4.78 is 1.73. The van der Waals surface area contributed by atoms with Gasteiger partial charge in [0.15, 0.2) is 0 Å². The molecule has 2 N–H and O–H groups in total. The zero-order valence-electron chi connectivity index (χ0n) is 13.1. The molecule has 0 aromatic carbocycles. The molecule has 23 heavy (non-hydrogen) atoms. The molecule has 3 rings (SSSR count). The van der Waals surface area contributed by atoms with Crippen LogP contribution in [0.25, 0.3) is 0 Å². The molecule has 1 aliphatic carbocycles. The van der Waals surface area contributed by atoms with Crippen molar-refractivity contribution in [3.05, 3.63) is 42.2 Å². The Morgan fingerprint density at radius 3 is 2.87 bits per heavy atom. The van der Waals surface area contributed by atoms with E-state index in [1.807, 2.05) is 13.2 Å². The van der Waals surface area contributed by atoms with E-state index >= 15 is 0 Å². The molecule has 7 heteroatoms. The fourth-order valence-corrected chi connectivity index (χ4v) is 2.92. The predicted octanol–water partition coefficient (Wildman–Crippen LogP) is 0.771. The molecule has 2 aromatic heterocycles. The average Bonchev–Trinajstić information content (AvgIpc) is 2.95. The highest BCUT2D eigenvalue weighted by molar-refractivity contribution is 5.76. The van der Waals surface area contributed by atoms with Gasteiger partial charge in [0.2, 0.25) is 5.91 Å². The van der Waals surface area contributed by atoms with E-state index in [2.05, 4.69) is 20.4 Å². The van der Waals surface area contributed by atoms with E-state index in [0.717, 1.165) is 11.3 Å². The number of aromatic nitrogens is 4. The number of hydrogen-bond acceptors (Lipinski definition) is 5. The molecule has 1 saturated carbocycles. The number of hydrogen-bond donors (Lipinski definition) is 2. The molecule has 1 unspecified atom stereocenters. The van der Waals surface area contributed by atoms with Crippen molar-refractivity contribution in [3.8, 4) is 0 Å². The van der Waals surface area contributed by atoms with Gasteiger partial charge in [0.1, 0.15) is 0 Å². The van der Waals surface area contributed by atoms with Crippen molar-refractivity contribution in [1.82, 2.24) is 25.1 Å². The van der Waals surface area contributed by atoms with E-state index in [-0.39, 0.29) is 24.0 Å². The first-order chi connectivity index (χ1) is 11.1. The van der Waals surface area contributed by atoms with Crippen LogP contribution in [0, 0.1) is 5.92 Å². The summed E-state index contributed by atoms with van der Waals surface area (Å²) in [6, 6.07) is -0.0959. The Morgan fingerprint density at radius 1 is 1.43 bits per heavy atom. The van der Waals surface area contributed by atoms with Crippen LogP contribution in [0.3, 0.4) is 0 Å². The van der Waals surface area contributed by atoms with Gasteiger partial charge in [0.05, 0.1) is 24.0 Å². The highest BCUT2D eigenvalue weighted by atomic mass is 16.3. The molecule has 2 heterocycles. The molecule has 0 radical (unpaired) electrons. The SMILES string of the molecule is Cn1cc(C(NC(=O)CCc2cnccn2)C2CC(O)C2)cn1. The topological polar surface area (TPSA) is 92.9 Å². The second-order valence-corrected chi connectivity index (χ2v) is 6.07. The van der Waals surface area contributed by atoms with E-state index in [1.54, 1.807) is 29.5 Å². The Morgan fingerprint density at radius 2 is 2.26 bits per heavy atom. The quantitative estimate of drug-likeness (QED) is 0.821. The molecule has 2 aromatic rings. The summed E-state index contributed by atoms with van der Waals surface area (Å²) in [5, 5.41) is 16.8. The monoisotopic (exact) mass is 315 g/mol. The summed E-state index contributed by atoms with van der Waals surface area (Å²) in [5.74, 6) is 0.237. The van der Waals surface area contributed by atoms with Gasteiger partial charge in [-0.3, -0.25) is 19.4 Å². The third kappa shape index (κ3) is 3.92. The number of amides is 1. The van der Waals surface area contributed by atoms with Crippen LogP contribution in [0.4, 0.5) is 0 Å². The van der Waals surface area contributed by atoms with Crippen LogP contribution in [-0.4, -0.2) is 36.9 Å². The maximum atomic E-state index is 12.3. The number of nitrogens with one attached hydrogen (secondary N) is 1. The van der Waals surface area contributed by atoms with Gasteiger partial charge in [-0.2, -0.15) is 5.10 Å². The first kappa shape index (κ1) is 15.6. The molecule has 1 aliphatic rings. The van der Waals surface area contributed by atoms with Gasteiger partial charge < -0.3 is 10.4 Å². The van der Waals surface area contributed by atoms with E-state index in [0.29, 0.717) is 25.7 Å². The van der Waals surface area contributed by atoms with Gasteiger partial charge >= 0.3 is 0 Å². The van der Waals surface area contributed by atoms with E-state index < -0.39 is 0 Å². The number of carbonyl (C=O) groups excluding carboxylic acids is 1. The Kier molecular flexibility index (Phi) is 4.66. The third-order valence-electron chi connectivity index (χ3n) is 4.25. The van der Waals surface area contributed by atoms with Crippen molar-refractivity contribution in [2.75, 3.05) is 0 Å². The van der Waals surface area contributed by atoms with E-state index in [1.165, 1.54) is 0 Å². The highest BCUT2D eigenvalue weighted by Crippen LogP contribution is 2.37. The zero-order chi connectivity index (χ0) is 16.2. The number of aryl methyl sites for hydroxylation is 2. The first-order valence-electron chi connectivity index (χ1n) is 7.82. The van der Waals surface area contributed by atoms with Gasteiger partial charge in [0.25, 0.3) is 0 Å². The second kappa shape index (κ2) is 6.87. The summed E-state index contributed by atoms with van der Waals surface area (Å²) in [6.45, 7) is 0. The van der Waals surface area contributed by atoms with Crippen molar-refractivity contribution in [2.24, 2.45) is 13.0 Å². The number of rotatable bonds is 6. The number of aliphatic hydroxyl groups is 1. The number of carbonyl (C=O) groups is 1. The Labute approximate surface area is 134 Å². The zero-order valence-corrected chi connectivity index (χ0v) is 13.1. The van der Waals surface area contributed by atoms with Crippen molar-refractivity contribution in [2.45, 2.75) is 37.8 Å². The first-order valence-corrected chi connectivity index (χ1v) is 7.82. The van der Waals surface area contributed by atoms with Crippen LogP contribution in [-0.2, 0) is 18.3 Å². The van der Waals surface area contributed by atoms with Gasteiger partial charge in [-0.05, 0) is 25.2 Å². The lowest BCUT2D eigenvalue weighted by atomic mass is 9.75. The molecule has 122 valence electrons. The number of aliphatic hydroxyl groups excluding tert-OH is 1. The number of nitrogens with zero attached hydrogens (tertiary/aromatic N) is 4. The van der Waals surface area contributed by atoms with Crippen LogP contribution in [0.2, 0.25) is 0 Å². The largest absolute Gasteiger partial charge is 0.393 e. The standard InChI is InChI=1S/C16H21N5O2/c1-21-10-12(8-19-21)16(11-6-14(22)7-11)20-15(23)3-2-13-9-17-4-5-18-13/h4-5,8-11,14,16,22H,2-3,6-7H2,1H3,(H,20,23). The third-order valence-corrected chi connectivity index (χ3v) is 4.25. The minimum absolute atomic E-state index is 0.0223. The van der Waals surface area contributed by atoms with Gasteiger partial charge in [-0.25, -0.2) is 0 Å². The fourth-order valence-electron chi connectivity index (χ4n) is 2.92. The molecular formula is C16H21N5O2. The van der Waals surface area contributed by atoms with Gasteiger partial charge in [-0.15, -0.1) is 0 Å². The van der Waals surface area contributed by atoms with Crippen LogP contribution in [0.5, 0.6) is 0 Å². The van der Waals surface area contributed by atoms with Crippen LogP contribution >= 0.6 is 0 Å². The molecule has 1 fully saturated rings. The molecule has 7 nitrogen and oxygen atoms in total. The smallest absolute Gasteiger partial charge is 0.220 e. The molecule has 0 aliphatic heterocycles. The summed E-state index contributed by atoms with van der Waals surface area (Å²) in [7, 11) is 1.85. The van der Waals surface area contributed by atoms with E-state index in [4.69, 9.17) is 0 Å². The summed E-state index contributed by atoms with van der Waals surface area (Å²) in [6.07, 6.45) is 10.7. The van der Waals surface area contributed by atoms with Crippen LogP contribution < -0.4 is 5.32 Å². The van der Waals surface area contributed by atoms with Crippen molar-refractivity contribution in [1.29, 1.82) is 0 Å². The Balaban J connectivity index is 1.60. The summed E-state index contributed by atoms with van der Waals surface area (Å²) in [5.41, 5.74) is 1.79. The average molecular weight is 315 g/mol. The molecular weight excluding hydrogens is 294 g/mol. The van der Waals surface area contributed by atoms with Crippen LogP contribution in [0.15, 0.2) is 31.0 Å². The lowest BCUT2D eigenvalue weighted by Gasteiger charge is -2.37.